The van der Waals surface area contributed by atoms with Gasteiger partial charge in [-0.05, 0) is 18.6 Å². The molecule has 0 radical (unpaired) electrons. The third-order valence-electron chi connectivity index (χ3n) is 4.58. The molecule has 128 valence electrons. The standard InChI is InChI=1S/C17H18N6O2/c1-10-16(24)19-13-6-4-3-5-11(13)8-23(10)9-14-20-15-12(17(25)21-14)7-18-22(15)2/h3-7,10H,8-9H2,1-2H3,(H,19,24)(H,20,21,25). The van der Waals surface area contributed by atoms with Crippen LogP contribution in [0.3, 0.4) is 0 Å². The topological polar surface area (TPSA) is 95.9 Å². The van der Waals surface area contributed by atoms with Gasteiger partial charge in [0.25, 0.3) is 5.56 Å². The molecule has 0 saturated heterocycles. The van der Waals surface area contributed by atoms with Crippen LogP contribution in [-0.2, 0) is 24.9 Å². The van der Waals surface area contributed by atoms with E-state index in [1.165, 1.54) is 6.20 Å². The lowest BCUT2D eigenvalue weighted by atomic mass is 10.1. The van der Waals surface area contributed by atoms with Gasteiger partial charge in [-0.2, -0.15) is 5.10 Å². The molecular weight excluding hydrogens is 320 g/mol. The van der Waals surface area contributed by atoms with Crippen molar-refractivity contribution < 1.29 is 4.79 Å². The van der Waals surface area contributed by atoms with Crippen molar-refractivity contribution in [3.63, 3.8) is 0 Å². The van der Waals surface area contributed by atoms with Crippen LogP contribution in [0.15, 0.2) is 35.3 Å². The zero-order chi connectivity index (χ0) is 17.6. The number of amides is 1. The summed E-state index contributed by atoms with van der Waals surface area (Å²) in [7, 11) is 1.75. The highest BCUT2D eigenvalue weighted by Crippen LogP contribution is 2.23. The number of hydrogen-bond donors (Lipinski definition) is 2. The first-order valence-electron chi connectivity index (χ1n) is 8.06. The van der Waals surface area contributed by atoms with Gasteiger partial charge < -0.3 is 10.3 Å². The Labute approximate surface area is 143 Å². The monoisotopic (exact) mass is 338 g/mol. The van der Waals surface area contributed by atoms with E-state index in [1.807, 2.05) is 36.1 Å². The predicted octanol–water partition coefficient (Wildman–Crippen LogP) is 0.999. The summed E-state index contributed by atoms with van der Waals surface area (Å²) in [5, 5.41) is 7.48. The number of fused-ring (bicyclic) bond motifs is 2. The third kappa shape index (κ3) is 2.70. The van der Waals surface area contributed by atoms with Crippen LogP contribution in [0.2, 0.25) is 0 Å². The highest BCUT2D eigenvalue weighted by atomic mass is 16.2. The Hall–Kier alpha value is -3.00. The molecule has 0 spiro atoms. The summed E-state index contributed by atoms with van der Waals surface area (Å²) >= 11 is 0. The molecule has 1 aliphatic rings. The third-order valence-corrected chi connectivity index (χ3v) is 4.58. The number of aromatic nitrogens is 4. The van der Waals surface area contributed by atoms with Crippen LogP contribution in [0, 0.1) is 0 Å². The van der Waals surface area contributed by atoms with Crippen LogP contribution < -0.4 is 10.9 Å². The van der Waals surface area contributed by atoms with E-state index < -0.39 is 0 Å². The van der Waals surface area contributed by atoms with Crippen LogP contribution in [-0.4, -0.2) is 36.6 Å². The molecule has 8 nitrogen and oxygen atoms in total. The average molecular weight is 338 g/mol. The minimum Gasteiger partial charge on any atom is -0.324 e. The van der Waals surface area contributed by atoms with Crippen molar-refractivity contribution in [1.29, 1.82) is 0 Å². The van der Waals surface area contributed by atoms with E-state index >= 15 is 0 Å². The minimum atomic E-state index is -0.347. The zero-order valence-corrected chi connectivity index (χ0v) is 14.0. The molecule has 0 aliphatic carbocycles. The fourth-order valence-corrected chi connectivity index (χ4v) is 3.08. The smallest absolute Gasteiger partial charge is 0.262 e. The van der Waals surface area contributed by atoms with E-state index in [1.54, 1.807) is 11.7 Å². The number of carbonyl (C=O) groups is 1. The van der Waals surface area contributed by atoms with Crippen molar-refractivity contribution in [2.75, 3.05) is 5.32 Å². The SMILES string of the molecule is CC1C(=O)Nc2ccccc2CN1Cc1nc2c(cnn2C)c(=O)[nH]1. The van der Waals surface area contributed by atoms with Crippen molar-refractivity contribution in [2.24, 2.45) is 7.05 Å². The average Bonchev–Trinajstić information content (AvgIpc) is 2.91. The Morgan fingerprint density at radius 3 is 2.92 bits per heavy atom. The predicted molar refractivity (Wildman–Crippen MR) is 92.9 cm³/mol. The van der Waals surface area contributed by atoms with Gasteiger partial charge in [0.1, 0.15) is 11.2 Å². The maximum atomic E-state index is 12.4. The van der Waals surface area contributed by atoms with Gasteiger partial charge in [0.2, 0.25) is 5.91 Å². The first-order valence-corrected chi connectivity index (χ1v) is 8.06. The molecule has 1 aromatic carbocycles. The Morgan fingerprint density at radius 1 is 1.28 bits per heavy atom. The quantitative estimate of drug-likeness (QED) is 0.727. The second-order valence-electron chi connectivity index (χ2n) is 6.25. The number of nitrogens with one attached hydrogen (secondary N) is 2. The summed E-state index contributed by atoms with van der Waals surface area (Å²) in [6.45, 7) is 2.80. The van der Waals surface area contributed by atoms with Gasteiger partial charge in [0.05, 0.1) is 18.8 Å². The maximum absolute atomic E-state index is 12.4. The largest absolute Gasteiger partial charge is 0.324 e. The number of benzene rings is 1. The van der Waals surface area contributed by atoms with Crippen LogP contribution in [0.5, 0.6) is 0 Å². The summed E-state index contributed by atoms with van der Waals surface area (Å²) in [6.07, 6.45) is 1.50. The van der Waals surface area contributed by atoms with E-state index in [9.17, 15) is 9.59 Å². The maximum Gasteiger partial charge on any atom is 0.262 e. The van der Waals surface area contributed by atoms with E-state index in [4.69, 9.17) is 0 Å². The van der Waals surface area contributed by atoms with Crippen molar-refractivity contribution in [1.82, 2.24) is 24.6 Å². The summed E-state index contributed by atoms with van der Waals surface area (Å²) in [4.78, 5) is 33.9. The molecule has 0 saturated carbocycles. The number of aromatic amines is 1. The molecule has 3 aromatic rings. The van der Waals surface area contributed by atoms with Gasteiger partial charge in [0.15, 0.2) is 5.65 Å². The highest BCUT2D eigenvalue weighted by Gasteiger charge is 2.27. The van der Waals surface area contributed by atoms with Crippen molar-refractivity contribution >= 4 is 22.6 Å². The Morgan fingerprint density at radius 2 is 2.08 bits per heavy atom. The zero-order valence-electron chi connectivity index (χ0n) is 14.0. The number of aryl methyl sites for hydroxylation is 1. The van der Waals surface area contributed by atoms with Crippen molar-refractivity contribution in [3.05, 3.63) is 52.2 Å². The Bertz CT molecular complexity index is 1020. The highest BCUT2D eigenvalue weighted by molar-refractivity contribution is 5.95. The number of H-pyrrole nitrogens is 1. The van der Waals surface area contributed by atoms with Crippen LogP contribution in [0.25, 0.3) is 11.0 Å². The molecule has 3 heterocycles. The lowest BCUT2D eigenvalue weighted by Gasteiger charge is -2.24. The molecule has 4 rings (SSSR count). The molecule has 25 heavy (non-hydrogen) atoms. The van der Waals surface area contributed by atoms with E-state index in [2.05, 4.69) is 20.4 Å². The van der Waals surface area contributed by atoms with Gasteiger partial charge >= 0.3 is 0 Å². The molecule has 1 aliphatic heterocycles. The molecule has 2 N–H and O–H groups in total. The molecule has 0 fully saturated rings. The Kier molecular flexibility index (Phi) is 3.61. The summed E-state index contributed by atoms with van der Waals surface area (Å²) < 4.78 is 1.57. The fourth-order valence-electron chi connectivity index (χ4n) is 3.08. The van der Waals surface area contributed by atoms with Gasteiger partial charge in [-0.3, -0.25) is 19.2 Å². The van der Waals surface area contributed by atoms with Crippen LogP contribution in [0.4, 0.5) is 5.69 Å². The number of carbonyl (C=O) groups excluding carboxylic acids is 1. The second-order valence-corrected chi connectivity index (χ2v) is 6.25. The number of para-hydroxylation sites is 1. The summed E-state index contributed by atoms with van der Waals surface area (Å²) in [6, 6.07) is 7.38. The molecule has 1 atom stereocenters. The molecule has 2 aromatic heterocycles. The number of hydrogen-bond acceptors (Lipinski definition) is 5. The van der Waals surface area contributed by atoms with Gasteiger partial charge in [0, 0.05) is 19.3 Å². The second kappa shape index (κ2) is 5.82. The van der Waals surface area contributed by atoms with Crippen LogP contribution >= 0.6 is 0 Å². The summed E-state index contributed by atoms with van der Waals surface area (Å²) in [5.41, 5.74) is 2.17. The van der Waals surface area contributed by atoms with Gasteiger partial charge in [-0.1, -0.05) is 18.2 Å². The molecule has 1 amide bonds. The van der Waals surface area contributed by atoms with Crippen LogP contribution in [0.1, 0.15) is 18.3 Å². The minimum absolute atomic E-state index is 0.0751. The molecule has 1 unspecified atom stereocenters. The number of nitrogens with zero attached hydrogens (tertiary/aromatic N) is 4. The normalized spacial score (nSPS) is 18.0. The van der Waals surface area contributed by atoms with Gasteiger partial charge in [-0.25, -0.2) is 4.98 Å². The lowest BCUT2D eigenvalue weighted by molar-refractivity contribution is -0.120. The molecular formula is C17H18N6O2. The van der Waals surface area contributed by atoms with Crippen molar-refractivity contribution in [3.8, 4) is 0 Å². The number of anilines is 1. The summed E-state index contributed by atoms with van der Waals surface area (Å²) in [5.74, 6) is 0.439. The van der Waals surface area contributed by atoms with E-state index in [-0.39, 0.29) is 17.5 Å². The first-order chi connectivity index (χ1) is 12.0. The Balaban J connectivity index is 1.71. The van der Waals surface area contributed by atoms with E-state index in [0.29, 0.717) is 29.9 Å². The van der Waals surface area contributed by atoms with E-state index in [0.717, 1.165) is 11.3 Å². The molecule has 0 bridgehead atoms. The first kappa shape index (κ1) is 15.5. The van der Waals surface area contributed by atoms with Crippen molar-refractivity contribution in [2.45, 2.75) is 26.1 Å². The number of rotatable bonds is 2. The lowest BCUT2D eigenvalue weighted by Crippen LogP contribution is -2.39. The van der Waals surface area contributed by atoms with Gasteiger partial charge in [-0.15, -0.1) is 0 Å². The molecule has 8 heteroatoms. The fraction of sp³-hybridized carbons (Fsp3) is 0.294.